The summed E-state index contributed by atoms with van der Waals surface area (Å²) in [7, 11) is 0. The van der Waals surface area contributed by atoms with Gasteiger partial charge in [-0.3, -0.25) is 4.79 Å². The SMILES string of the molecule is Cc1nccn1CC1(O)CCN(C(=O)C(c2ccccc2)C2CCCCC2)CC1. The van der Waals surface area contributed by atoms with E-state index < -0.39 is 5.60 Å². The molecule has 1 aromatic heterocycles. The maximum absolute atomic E-state index is 13.6. The molecule has 1 unspecified atom stereocenters. The number of carbonyl (C=O) groups excluding carboxylic acids is 1. The van der Waals surface area contributed by atoms with Crippen LogP contribution < -0.4 is 0 Å². The van der Waals surface area contributed by atoms with Gasteiger partial charge in [0.1, 0.15) is 5.82 Å². The van der Waals surface area contributed by atoms with E-state index in [-0.39, 0.29) is 11.8 Å². The van der Waals surface area contributed by atoms with E-state index in [1.807, 2.05) is 40.8 Å². The average molecular weight is 396 g/mol. The van der Waals surface area contributed by atoms with Gasteiger partial charge in [-0.2, -0.15) is 0 Å². The maximum atomic E-state index is 13.6. The van der Waals surface area contributed by atoms with Crippen LogP contribution in [0, 0.1) is 12.8 Å². The lowest BCUT2D eigenvalue weighted by molar-refractivity contribution is -0.139. The molecule has 0 bridgehead atoms. The van der Waals surface area contributed by atoms with Gasteiger partial charge in [-0.1, -0.05) is 49.6 Å². The van der Waals surface area contributed by atoms with Crippen LogP contribution in [0.4, 0.5) is 0 Å². The molecule has 1 aromatic carbocycles. The summed E-state index contributed by atoms with van der Waals surface area (Å²) in [6.07, 6.45) is 10.9. The van der Waals surface area contributed by atoms with Crippen LogP contribution in [0.5, 0.6) is 0 Å². The van der Waals surface area contributed by atoms with E-state index in [2.05, 4.69) is 17.1 Å². The van der Waals surface area contributed by atoms with Gasteiger partial charge in [0.05, 0.1) is 18.1 Å². The van der Waals surface area contributed by atoms with Gasteiger partial charge in [-0.15, -0.1) is 0 Å². The molecule has 2 fully saturated rings. The summed E-state index contributed by atoms with van der Waals surface area (Å²) in [4.78, 5) is 19.9. The molecular formula is C24H33N3O2. The number of hydrogen-bond donors (Lipinski definition) is 1. The zero-order valence-corrected chi connectivity index (χ0v) is 17.5. The Hall–Kier alpha value is -2.14. The van der Waals surface area contributed by atoms with E-state index in [9.17, 15) is 9.90 Å². The van der Waals surface area contributed by atoms with Crippen LogP contribution >= 0.6 is 0 Å². The molecule has 1 atom stereocenters. The first-order valence-corrected chi connectivity index (χ1v) is 11.1. The Labute approximate surface area is 173 Å². The van der Waals surface area contributed by atoms with Crippen LogP contribution in [0.15, 0.2) is 42.7 Å². The number of aryl methyl sites for hydroxylation is 1. The van der Waals surface area contributed by atoms with Crippen LogP contribution in [0.2, 0.25) is 0 Å². The molecule has 1 saturated carbocycles. The van der Waals surface area contributed by atoms with Crippen molar-refractivity contribution in [3.63, 3.8) is 0 Å². The summed E-state index contributed by atoms with van der Waals surface area (Å²) >= 11 is 0. The van der Waals surface area contributed by atoms with Crippen LogP contribution in [0.25, 0.3) is 0 Å². The van der Waals surface area contributed by atoms with E-state index in [0.29, 0.717) is 38.4 Å². The van der Waals surface area contributed by atoms with Crippen molar-refractivity contribution in [2.45, 2.75) is 69.9 Å². The van der Waals surface area contributed by atoms with Crippen molar-refractivity contribution in [2.24, 2.45) is 5.92 Å². The molecule has 1 amide bonds. The van der Waals surface area contributed by atoms with Crippen LogP contribution in [0.1, 0.15) is 62.3 Å². The topological polar surface area (TPSA) is 58.4 Å². The van der Waals surface area contributed by atoms with Gasteiger partial charge in [-0.25, -0.2) is 4.98 Å². The predicted molar refractivity (Wildman–Crippen MR) is 113 cm³/mol. The second kappa shape index (κ2) is 8.70. The van der Waals surface area contributed by atoms with Crippen molar-refractivity contribution in [1.29, 1.82) is 0 Å². The van der Waals surface area contributed by atoms with Crippen molar-refractivity contribution in [2.75, 3.05) is 13.1 Å². The molecule has 5 heteroatoms. The van der Waals surface area contributed by atoms with E-state index in [1.165, 1.54) is 19.3 Å². The number of hydrogen-bond acceptors (Lipinski definition) is 3. The fourth-order valence-electron chi connectivity index (χ4n) is 5.13. The molecule has 5 nitrogen and oxygen atoms in total. The first kappa shape index (κ1) is 20.1. The third-order valence-electron chi connectivity index (χ3n) is 6.94. The molecule has 0 radical (unpaired) electrons. The van der Waals surface area contributed by atoms with E-state index in [1.54, 1.807) is 6.20 Å². The van der Waals surface area contributed by atoms with Gasteiger partial charge in [0.15, 0.2) is 0 Å². The smallest absolute Gasteiger partial charge is 0.230 e. The van der Waals surface area contributed by atoms with Crippen LogP contribution in [-0.2, 0) is 11.3 Å². The molecule has 156 valence electrons. The molecule has 1 aliphatic heterocycles. The van der Waals surface area contributed by atoms with Crippen molar-refractivity contribution in [3.8, 4) is 0 Å². The van der Waals surface area contributed by atoms with Crippen LogP contribution in [-0.4, -0.2) is 44.2 Å². The Morgan fingerprint density at radius 3 is 2.48 bits per heavy atom. The van der Waals surface area contributed by atoms with E-state index >= 15 is 0 Å². The normalized spacial score (nSPS) is 21.1. The van der Waals surface area contributed by atoms with Crippen molar-refractivity contribution in [3.05, 3.63) is 54.1 Å². The molecule has 2 aromatic rings. The number of imidazole rings is 1. The Morgan fingerprint density at radius 2 is 1.86 bits per heavy atom. The molecule has 2 aliphatic rings. The highest BCUT2D eigenvalue weighted by atomic mass is 16.3. The predicted octanol–water partition coefficient (Wildman–Crippen LogP) is 3.91. The number of rotatable bonds is 5. The standard InChI is InChI=1S/C24H33N3O2/c1-19-25-14-17-27(19)18-24(29)12-15-26(16-13-24)23(28)22(20-8-4-2-5-9-20)21-10-6-3-7-11-21/h2,4-5,8-9,14,17,21-22,29H,3,6-7,10-13,15-16,18H2,1H3. The number of aromatic nitrogens is 2. The fraction of sp³-hybridized carbons (Fsp3) is 0.583. The number of nitrogens with zero attached hydrogens (tertiary/aromatic N) is 3. The molecular weight excluding hydrogens is 362 g/mol. The monoisotopic (exact) mass is 395 g/mol. The second-order valence-corrected chi connectivity index (χ2v) is 8.94. The molecule has 2 heterocycles. The largest absolute Gasteiger partial charge is 0.388 e. The summed E-state index contributed by atoms with van der Waals surface area (Å²) in [5, 5.41) is 11.1. The minimum absolute atomic E-state index is 0.0430. The molecule has 1 saturated heterocycles. The highest BCUT2D eigenvalue weighted by molar-refractivity contribution is 5.84. The molecule has 29 heavy (non-hydrogen) atoms. The van der Waals surface area contributed by atoms with Crippen molar-refractivity contribution in [1.82, 2.24) is 14.5 Å². The minimum Gasteiger partial charge on any atom is -0.388 e. The minimum atomic E-state index is -0.769. The Balaban J connectivity index is 1.45. The van der Waals surface area contributed by atoms with Gasteiger partial charge in [-0.05, 0) is 44.1 Å². The maximum Gasteiger partial charge on any atom is 0.230 e. The lowest BCUT2D eigenvalue weighted by atomic mass is 9.75. The van der Waals surface area contributed by atoms with Gasteiger partial charge in [0.25, 0.3) is 0 Å². The zero-order valence-electron chi connectivity index (χ0n) is 17.5. The lowest BCUT2D eigenvalue weighted by Gasteiger charge is -2.41. The highest BCUT2D eigenvalue weighted by Gasteiger charge is 2.39. The summed E-state index contributed by atoms with van der Waals surface area (Å²) < 4.78 is 2.01. The third kappa shape index (κ3) is 4.55. The quantitative estimate of drug-likeness (QED) is 0.835. The molecule has 0 spiro atoms. The first-order chi connectivity index (χ1) is 14.1. The first-order valence-electron chi connectivity index (χ1n) is 11.1. The Morgan fingerprint density at radius 1 is 1.17 bits per heavy atom. The van der Waals surface area contributed by atoms with Crippen molar-refractivity contribution < 1.29 is 9.90 Å². The van der Waals surface area contributed by atoms with Gasteiger partial charge >= 0.3 is 0 Å². The number of piperidine rings is 1. The molecule has 1 N–H and O–H groups in total. The van der Waals surface area contributed by atoms with Crippen LogP contribution in [0.3, 0.4) is 0 Å². The lowest BCUT2D eigenvalue weighted by Crippen LogP contribution is -2.50. The van der Waals surface area contributed by atoms with Gasteiger partial charge < -0.3 is 14.6 Å². The number of likely N-dealkylation sites (tertiary alicyclic amines) is 1. The Kier molecular flexibility index (Phi) is 6.04. The summed E-state index contributed by atoms with van der Waals surface area (Å²) in [5.74, 6) is 1.56. The summed E-state index contributed by atoms with van der Waals surface area (Å²) in [6.45, 7) is 3.75. The Bertz CT molecular complexity index is 803. The third-order valence-corrected chi connectivity index (χ3v) is 6.94. The second-order valence-electron chi connectivity index (χ2n) is 8.94. The fourth-order valence-corrected chi connectivity index (χ4v) is 5.13. The number of benzene rings is 1. The zero-order chi connectivity index (χ0) is 20.3. The van der Waals surface area contributed by atoms with E-state index in [0.717, 1.165) is 24.2 Å². The number of aliphatic hydroxyl groups is 1. The summed E-state index contributed by atoms with van der Waals surface area (Å²) in [5.41, 5.74) is 0.384. The van der Waals surface area contributed by atoms with Gasteiger partial charge in [0.2, 0.25) is 5.91 Å². The molecule has 1 aliphatic carbocycles. The highest BCUT2D eigenvalue weighted by Crippen LogP contribution is 2.38. The van der Waals surface area contributed by atoms with Gasteiger partial charge in [0, 0.05) is 25.5 Å². The van der Waals surface area contributed by atoms with E-state index in [4.69, 9.17) is 0 Å². The molecule has 4 rings (SSSR count). The number of carbonyl (C=O) groups is 1. The van der Waals surface area contributed by atoms with Crippen molar-refractivity contribution >= 4 is 5.91 Å². The summed E-state index contributed by atoms with van der Waals surface area (Å²) in [6, 6.07) is 10.3. The number of amides is 1. The average Bonchev–Trinajstić information content (AvgIpc) is 3.14.